The Balaban J connectivity index is 2.13. The van der Waals surface area contributed by atoms with E-state index in [9.17, 15) is 9.59 Å². The second-order valence-electron chi connectivity index (χ2n) is 4.14. The van der Waals surface area contributed by atoms with Crippen molar-refractivity contribution in [2.45, 2.75) is 0 Å². The second-order valence-corrected chi connectivity index (χ2v) is 5.13. The molecule has 0 aromatic heterocycles. The van der Waals surface area contributed by atoms with E-state index in [1.54, 1.807) is 24.3 Å². The number of amides is 2. The van der Waals surface area contributed by atoms with Gasteiger partial charge in [-0.3, -0.25) is 14.5 Å². The summed E-state index contributed by atoms with van der Waals surface area (Å²) in [5.41, 5.74) is 0.812. The summed E-state index contributed by atoms with van der Waals surface area (Å²) in [5.74, 6) is 2.66. The molecule has 1 saturated heterocycles. The van der Waals surface area contributed by atoms with E-state index < -0.39 is 0 Å². The van der Waals surface area contributed by atoms with Gasteiger partial charge in [0.1, 0.15) is 12.4 Å². The summed E-state index contributed by atoms with van der Waals surface area (Å²) in [6.45, 7) is 4.01. The van der Waals surface area contributed by atoms with E-state index in [0.29, 0.717) is 17.3 Å². The van der Waals surface area contributed by atoms with Gasteiger partial charge in [-0.15, -0.1) is 6.42 Å². The fraction of sp³-hybridized carbons (Fsp3) is 0.125. The molecule has 1 aliphatic rings. The zero-order valence-electron chi connectivity index (χ0n) is 11.2. The molecule has 2 rings (SSSR count). The molecule has 1 aromatic rings. The lowest BCUT2D eigenvalue weighted by Gasteiger charge is -2.06. The molecule has 0 aliphatic carbocycles. The van der Waals surface area contributed by atoms with E-state index in [1.807, 2.05) is 12.1 Å². The Morgan fingerprint density at radius 1 is 1.33 bits per heavy atom. The first kappa shape index (κ1) is 14.9. The number of benzene rings is 1. The number of nitrogens with zero attached hydrogens (tertiary/aromatic N) is 1. The number of hydrogen-bond acceptors (Lipinski definition) is 4. The molecule has 0 N–H and O–H groups in total. The van der Waals surface area contributed by atoms with E-state index in [2.05, 4.69) is 12.5 Å². The van der Waals surface area contributed by atoms with Crippen molar-refractivity contribution < 1.29 is 14.3 Å². The molecule has 0 saturated carbocycles. The van der Waals surface area contributed by atoms with Gasteiger partial charge < -0.3 is 4.74 Å². The van der Waals surface area contributed by atoms with Crippen molar-refractivity contribution in [3.8, 4) is 18.1 Å². The monoisotopic (exact) mass is 299 g/mol. The van der Waals surface area contributed by atoms with Gasteiger partial charge in [0.25, 0.3) is 11.1 Å². The highest BCUT2D eigenvalue weighted by atomic mass is 32.2. The molecule has 0 spiro atoms. The van der Waals surface area contributed by atoms with Crippen LogP contribution in [-0.4, -0.2) is 29.2 Å². The van der Waals surface area contributed by atoms with Crippen LogP contribution in [0.1, 0.15) is 5.56 Å². The van der Waals surface area contributed by atoms with Gasteiger partial charge in [0, 0.05) is 0 Å². The number of ether oxygens (including phenoxy) is 1. The molecule has 0 atom stereocenters. The number of imide groups is 1. The average Bonchev–Trinajstić information content (AvgIpc) is 2.75. The average molecular weight is 299 g/mol. The number of thioether (sulfide) groups is 1. The van der Waals surface area contributed by atoms with Gasteiger partial charge in [-0.2, -0.15) is 0 Å². The van der Waals surface area contributed by atoms with Gasteiger partial charge >= 0.3 is 0 Å². The van der Waals surface area contributed by atoms with Gasteiger partial charge in [-0.05, 0) is 35.5 Å². The second kappa shape index (κ2) is 6.82. The highest BCUT2D eigenvalue weighted by molar-refractivity contribution is 8.18. The first-order valence-corrected chi connectivity index (χ1v) is 7.00. The summed E-state index contributed by atoms with van der Waals surface area (Å²) in [4.78, 5) is 25.1. The topological polar surface area (TPSA) is 46.6 Å². The third-order valence-electron chi connectivity index (χ3n) is 2.67. The first-order valence-electron chi connectivity index (χ1n) is 6.18. The van der Waals surface area contributed by atoms with Gasteiger partial charge in [0.15, 0.2) is 0 Å². The Morgan fingerprint density at radius 3 is 2.67 bits per heavy atom. The van der Waals surface area contributed by atoms with Gasteiger partial charge in [-0.1, -0.05) is 30.7 Å². The molecule has 1 fully saturated rings. The van der Waals surface area contributed by atoms with Gasteiger partial charge in [0.2, 0.25) is 0 Å². The molecule has 0 radical (unpaired) electrons. The molecule has 1 aliphatic heterocycles. The van der Waals surface area contributed by atoms with Crippen LogP contribution in [0.2, 0.25) is 0 Å². The number of rotatable bonds is 5. The first-order chi connectivity index (χ1) is 10.2. The third kappa shape index (κ3) is 3.56. The van der Waals surface area contributed by atoms with Crippen LogP contribution in [0.25, 0.3) is 6.08 Å². The predicted molar refractivity (Wildman–Crippen MR) is 83.6 cm³/mol. The molecular formula is C16H13NO3S. The molecule has 0 unspecified atom stereocenters. The Bertz CT molecular complexity index is 640. The fourth-order valence-corrected chi connectivity index (χ4v) is 2.53. The largest absolute Gasteiger partial charge is 0.490 e. The Kier molecular flexibility index (Phi) is 4.85. The van der Waals surface area contributed by atoms with Gasteiger partial charge in [-0.25, -0.2) is 0 Å². The minimum absolute atomic E-state index is 0.00363. The van der Waals surface area contributed by atoms with E-state index in [0.717, 1.165) is 22.2 Å². The van der Waals surface area contributed by atoms with Crippen LogP contribution in [-0.2, 0) is 4.79 Å². The zero-order chi connectivity index (χ0) is 15.2. The molecule has 1 heterocycles. The Labute approximate surface area is 127 Å². The minimum Gasteiger partial charge on any atom is -0.490 e. The van der Waals surface area contributed by atoms with Gasteiger partial charge in [0.05, 0.1) is 11.4 Å². The van der Waals surface area contributed by atoms with Crippen molar-refractivity contribution in [3.63, 3.8) is 0 Å². The third-order valence-corrected chi connectivity index (χ3v) is 3.58. The number of carbonyl (C=O) groups excluding carboxylic acids is 2. The number of carbonyl (C=O) groups is 2. The summed E-state index contributed by atoms with van der Waals surface area (Å²) in [6.07, 6.45) is 8.47. The summed E-state index contributed by atoms with van der Waals surface area (Å²) in [5, 5.41) is -0.338. The quantitative estimate of drug-likeness (QED) is 0.476. The predicted octanol–water partition coefficient (Wildman–Crippen LogP) is 2.92. The highest BCUT2D eigenvalue weighted by Crippen LogP contribution is 2.32. The lowest BCUT2D eigenvalue weighted by atomic mass is 10.2. The van der Waals surface area contributed by atoms with Crippen LogP contribution < -0.4 is 4.74 Å². The Morgan fingerprint density at radius 2 is 2.05 bits per heavy atom. The van der Waals surface area contributed by atoms with Crippen LogP contribution in [0.5, 0.6) is 5.75 Å². The molecule has 106 valence electrons. The molecule has 0 bridgehead atoms. The maximum absolute atomic E-state index is 12.0. The summed E-state index contributed by atoms with van der Waals surface area (Å²) in [6, 6.07) is 7.21. The fourth-order valence-electron chi connectivity index (χ4n) is 1.69. The normalized spacial score (nSPS) is 16.1. The zero-order valence-corrected chi connectivity index (χ0v) is 12.1. The van der Waals surface area contributed by atoms with Crippen molar-refractivity contribution in [3.05, 3.63) is 47.4 Å². The minimum atomic E-state index is -0.352. The molecule has 2 amide bonds. The molecule has 1 aromatic carbocycles. The highest BCUT2D eigenvalue weighted by Gasteiger charge is 2.34. The maximum atomic E-state index is 12.0. The van der Waals surface area contributed by atoms with Crippen molar-refractivity contribution in [1.29, 1.82) is 0 Å². The van der Waals surface area contributed by atoms with E-state index in [1.165, 1.54) is 0 Å². The summed E-state index contributed by atoms with van der Waals surface area (Å²) in [7, 11) is 0. The van der Waals surface area contributed by atoms with Crippen molar-refractivity contribution >= 4 is 29.0 Å². The maximum Gasteiger partial charge on any atom is 0.294 e. The lowest BCUT2D eigenvalue weighted by Crippen LogP contribution is -2.28. The Hall–Kier alpha value is -2.45. The van der Waals surface area contributed by atoms with Crippen LogP contribution in [0.15, 0.2) is 41.8 Å². The summed E-state index contributed by atoms with van der Waals surface area (Å²) < 4.78 is 5.37. The van der Waals surface area contributed by atoms with E-state index in [4.69, 9.17) is 11.2 Å². The lowest BCUT2D eigenvalue weighted by molar-refractivity contribution is -0.122. The van der Waals surface area contributed by atoms with Crippen LogP contribution >= 0.6 is 11.8 Å². The molecule has 21 heavy (non-hydrogen) atoms. The molecular weight excluding hydrogens is 286 g/mol. The van der Waals surface area contributed by atoms with E-state index in [-0.39, 0.29) is 17.7 Å². The standard InChI is InChI=1S/C16H13NO3S/c1-3-9-17-15(18)14(21-16(17)19)11-12-5-7-13(8-6-12)20-10-4-2/h1,4-8,11H,2,9-10H2/b14-11-. The molecule has 4 nitrogen and oxygen atoms in total. The van der Waals surface area contributed by atoms with Crippen molar-refractivity contribution in [1.82, 2.24) is 4.90 Å². The number of terminal acetylenes is 1. The number of hydrogen-bond donors (Lipinski definition) is 0. The van der Waals surface area contributed by atoms with Crippen LogP contribution in [0.3, 0.4) is 0 Å². The summed E-state index contributed by atoms with van der Waals surface area (Å²) >= 11 is 0.893. The smallest absolute Gasteiger partial charge is 0.294 e. The van der Waals surface area contributed by atoms with Crippen LogP contribution in [0, 0.1) is 12.3 Å². The SMILES string of the molecule is C#CCN1C(=O)S/C(=C\c2ccc(OCC=C)cc2)C1=O. The van der Waals surface area contributed by atoms with E-state index >= 15 is 0 Å². The van der Waals surface area contributed by atoms with Crippen LogP contribution in [0.4, 0.5) is 4.79 Å². The van der Waals surface area contributed by atoms with Crippen molar-refractivity contribution in [2.75, 3.05) is 13.2 Å². The van der Waals surface area contributed by atoms with Crippen molar-refractivity contribution in [2.24, 2.45) is 0 Å². The molecule has 5 heteroatoms.